The highest BCUT2D eigenvalue weighted by molar-refractivity contribution is 5.75. The number of rotatable bonds is 2. The van der Waals surface area contributed by atoms with E-state index in [2.05, 4.69) is 5.32 Å². The Kier molecular flexibility index (Phi) is 7.94. The standard InChI is InChI=1S/C6H12O.C4H9NO/c1-5(2)4-6(3)7;1-3-6-4-2-5-1/h5H,4H2,1-3H3;5H,1-4H2. The van der Waals surface area contributed by atoms with Crippen LogP contribution in [0.5, 0.6) is 0 Å². The van der Waals surface area contributed by atoms with Crippen molar-refractivity contribution in [2.45, 2.75) is 27.2 Å². The van der Waals surface area contributed by atoms with Gasteiger partial charge in [-0.15, -0.1) is 0 Å². The van der Waals surface area contributed by atoms with Crippen LogP contribution in [0.3, 0.4) is 0 Å². The monoisotopic (exact) mass is 187 g/mol. The Morgan fingerprint density at radius 3 is 2.00 bits per heavy atom. The van der Waals surface area contributed by atoms with Gasteiger partial charge in [0.05, 0.1) is 13.2 Å². The van der Waals surface area contributed by atoms with Gasteiger partial charge in [0.25, 0.3) is 0 Å². The molecular weight excluding hydrogens is 166 g/mol. The summed E-state index contributed by atoms with van der Waals surface area (Å²) in [6, 6.07) is 0. The molecule has 0 bridgehead atoms. The predicted molar refractivity (Wildman–Crippen MR) is 53.8 cm³/mol. The minimum absolute atomic E-state index is 0.287. The average Bonchev–Trinajstić information content (AvgIpc) is 2.06. The zero-order chi connectivity index (χ0) is 10.1. The second-order valence-electron chi connectivity index (χ2n) is 3.66. The summed E-state index contributed by atoms with van der Waals surface area (Å²) in [4.78, 5) is 10.3. The molecule has 3 heteroatoms. The van der Waals surface area contributed by atoms with Crippen LogP contribution in [0.2, 0.25) is 0 Å². The molecule has 0 atom stereocenters. The van der Waals surface area contributed by atoms with Crippen LogP contribution >= 0.6 is 0 Å². The van der Waals surface area contributed by atoms with Crippen LogP contribution in [0, 0.1) is 5.92 Å². The Hall–Kier alpha value is -0.410. The molecule has 0 aromatic rings. The molecule has 1 N–H and O–H groups in total. The molecule has 0 amide bonds. The third-order valence-electron chi connectivity index (χ3n) is 1.54. The van der Waals surface area contributed by atoms with Crippen LogP contribution in [0.4, 0.5) is 0 Å². The fourth-order valence-electron chi connectivity index (χ4n) is 1.09. The SMILES string of the molecule is C1COCCN1.CC(=O)CC(C)C. The first-order valence-electron chi connectivity index (χ1n) is 4.91. The average molecular weight is 187 g/mol. The van der Waals surface area contributed by atoms with E-state index >= 15 is 0 Å². The Labute approximate surface area is 80.8 Å². The number of ether oxygens (including phenoxy) is 1. The zero-order valence-corrected chi connectivity index (χ0v) is 8.93. The van der Waals surface area contributed by atoms with Gasteiger partial charge in [-0.25, -0.2) is 0 Å². The van der Waals surface area contributed by atoms with Crippen LogP contribution < -0.4 is 5.32 Å². The summed E-state index contributed by atoms with van der Waals surface area (Å²) in [6.07, 6.45) is 0.722. The molecule has 1 fully saturated rings. The Bertz CT molecular complexity index is 119. The molecule has 1 heterocycles. The molecule has 0 spiro atoms. The molecule has 0 aliphatic carbocycles. The van der Waals surface area contributed by atoms with Gasteiger partial charge in [0.2, 0.25) is 0 Å². The van der Waals surface area contributed by atoms with Gasteiger partial charge in [-0.3, -0.25) is 0 Å². The molecule has 13 heavy (non-hydrogen) atoms. The van der Waals surface area contributed by atoms with E-state index in [0.29, 0.717) is 5.92 Å². The first kappa shape index (κ1) is 12.6. The second-order valence-corrected chi connectivity index (χ2v) is 3.66. The summed E-state index contributed by atoms with van der Waals surface area (Å²) in [5.41, 5.74) is 0. The Balaban J connectivity index is 0.000000223. The van der Waals surface area contributed by atoms with E-state index in [-0.39, 0.29) is 5.78 Å². The van der Waals surface area contributed by atoms with Crippen molar-refractivity contribution in [2.75, 3.05) is 26.3 Å². The number of hydrogen-bond donors (Lipinski definition) is 1. The number of Topliss-reactive ketones (excluding diaryl/α,β-unsaturated/α-hetero) is 1. The molecule has 3 nitrogen and oxygen atoms in total. The van der Waals surface area contributed by atoms with Crippen molar-refractivity contribution in [3.05, 3.63) is 0 Å². The summed E-state index contributed by atoms with van der Waals surface area (Å²) < 4.78 is 5.01. The summed E-state index contributed by atoms with van der Waals surface area (Å²) in [7, 11) is 0. The Morgan fingerprint density at radius 2 is 1.92 bits per heavy atom. The van der Waals surface area contributed by atoms with Gasteiger partial charge < -0.3 is 14.8 Å². The van der Waals surface area contributed by atoms with Gasteiger partial charge in [0, 0.05) is 19.5 Å². The summed E-state index contributed by atoms with van der Waals surface area (Å²) in [5.74, 6) is 0.813. The van der Waals surface area contributed by atoms with Gasteiger partial charge in [0.1, 0.15) is 5.78 Å². The van der Waals surface area contributed by atoms with E-state index < -0.39 is 0 Å². The van der Waals surface area contributed by atoms with E-state index in [9.17, 15) is 4.79 Å². The highest BCUT2D eigenvalue weighted by Crippen LogP contribution is 1.97. The summed E-state index contributed by atoms with van der Waals surface area (Å²) in [5, 5.41) is 3.16. The molecular formula is C10H21NO2. The highest BCUT2D eigenvalue weighted by Gasteiger charge is 1.95. The van der Waals surface area contributed by atoms with Gasteiger partial charge in [0.15, 0.2) is 0 Å². The molecule has 1 rings (SSSR count). The fraction of sp³-hybridized carbons (Fsp3) is 0.900. The smallest absolute Gasteiger partial charge is 0.130 e. The van der Waals surface area contributed by atoms with Crippen LogP contribution in [0.1, 0.15) is 27.2 Å². The minimum Gasteiger partial charge on any atom is -0.379 e. The van der Waals surface area contributed by atoms with Crippen LogP contribution in [-0.2, 0) is 9.53 Å². The maximum Gasteiger partial charge on any atom is 0.130 e. The number of carbonyl (C=O) groups is 1. The van der Waals surface area contributed by atoms with Crippen molar-refractivity contribution < 1.29 is 9.53 Å². The lowest BCUT2D eigenvalue weighted by Gasteiger charge is -2.10. The summed E-state index contributed by atoms with van der Waals surface area (Å²) >= 11 is 0. The van der Waals surface area contributed by atoms with Crippen molar-refractivity contribution in [3.63, 3.8) is 0 Å². The number of hydrogen-bond acceptors (Lipinski definition) is 3. The highest BCUT2D eigenvalue weighted by atomic mass is 16.5. The molecule has 1 aliphatic heterocycles. The maximum atomic E-state index is 10.3. The summed E-state index contributed by atoms with van der Waals surface area (Å²) in [6.45, 7) is 9.54. The van der Waals surface area contributed by atoms with Gasteiger partial charge >= 0.3 is 0 Å². The largest absolute Gasteiger partial charge is 0.379 e. The molecule has 0 aromatic heterocycles. The third kappa shape index (κ3) is 11.6. The van der Waals surface area contributed by atoms with E-state index in [4.69, 9.17) is 4.74 Å². The maximum absolute atomic E-state index is 10.3. The van der Waals surface area contributed by atoms with E-state index in [1.54, 1.807) is 6.92 Å². The third-order valence-corrected chi connectivity index (χ3v) is 1.54. The zero-order valence-electron chi connectivity index (χ0n) is 8.93. The van der Waals surface area contributed by atoms with Crippen LogP contribution in [0.25, 0.3) is 0 Å². The second kappa shape index (κ2) is 8.20. The van der Waals surface area contributed by atoms with Crippen LogP contribution in [0.15, 0.2) is 0 Å². The lowest BCUT2D eigenvalue weighted by molar-refractivity contribution is -0.117. The number of nitrogens with one attached hydrogen (secondary N) is 1. The van der Waals surface area contributed by atoms with Crippen molar-refractivity contribution in [2.24, 2.45) is 5.92 Å². The molecule has 78 valence electrons. The molecule has 1 saturated heterocycles. The van der Waals surface area contributed by atoms with E-state index in [0.717, 1.165) is 32.7 Å². The lowest BCUT2D eigenvalue weighted by atomic mass is 10.1. The lowest BCUT2D eigenvalue weighted by Crippen LogP contribution is -2.30. The normalized spacial score (nSPS) is 16.3. The van der Waals surface area contributed by atoms with Crippen molar-refractivity contribution >= 4 is 5.78 Å². The first-order chi connectivity index (χ1) is 6.13. The van der Waals surface area contributed by atoms with Gasteiger partial charge in [-0.2, -0.15) is 0 Å². The van der Waals surface area contributed by atoms with Gasteiger partial charge in [-0.1, -0.05) is 13.8 Å². The first-order valence-corrected chi connectivity index (χ1v) is 4.91. The molecule has 0 unspecified atom stereocenters. The molecule has 0 radical (unpaired) electrons. The van der Waals surface area contributed by atoms with Crippen molar-refractivity contribution in [1.29, 1.82) is 0 Å². The van der Waals surface area contributed by atoms with E-state index in [1.807, 2.05) is 13.8 Å². The topological polar surface area (TPSA) is 38.3 Å². The van der Waals surface area contributed by atoms with Crippen molar-refractivity contribution in [3.8, 4) is 0 Å². The van der Waals surface area contributed by atoms with Gasteiger partial charge in [-0.05, 0) is 12.8 Å². The number of morpholine rings is 1. The molecule has 0 aromatic carbocycles. The molecule has 0 saturated carbocycles. The van der Waals surface area contributed by atoms with Crippen molar-refractivity contribution in [1.82, 2.24) is 5.32 Å². The van der Waals surface area contributed by atoms with Crippen LogP contribution in [-0.4, -0.2) is 32.1 Å². The fourth-order valence-corrected chi connectivity index (χ4v) is 1.09. The van der Waals surface area contributed by atoms with E-state index in [1.165, 1.54) is 0 Å². The minimum atomic E-state index is 0.287. The number of carbonyl (C=O) groups excluding carboxylic acids is 1. The predicted octanol–water partition coefficient (Wildman–Crippen LogP) is 1.23. The quantitative estimate of drug-likeness (QED) is 0.706. The molecule has 1 aliphatic rings. The Morgan fingerprint density at radius 1 is 1.38 bits per heavy atom. The number of ketones is 1.